The molecule has 1 aromatic carbocycles. The fourth-order valence-electron chi connectivity index (χ4n) is 2.06. The Morgan fingerprint density at radius 1 is 1.30 bits per heavy atom. The normalized spacial score (nSPS) is 18.6. The second-order valence-electron chi connectivity index (χ2n) is 4.44. The topological polar surface area (TPSA) is 65.1 Å². The number of methoxy groups -OCH3 is 1. The van der Waals surface area contributed by atoms with Crippen LogP contribution in [-0.2, 0) is 25.7 Å². The van der Waals surface area contributed by atoms with Gasteiger partial charge in [-0.2, -0.15) is 0 Å². The Balaban J connectivity index is 1.80. The van der Waals surface area contributed by atoms with Gasteiger partial charge in [0.2, 0.25) is 0 Å². The molecule has 1 fully saturated rings. The van der Waals surface area contributed by atoms with Gasteiger partial charge in [-0.1, -0.05) is 30.3 Å². The minimum Gasteiger partial charge on any atom is -0.468 e. The zero-order valence-corrected chi connectivity index (χ0v) is 11.3. The Labute approximate surface area is 117 Å². The fraction of sp³-hybridized carbons (Fsp3) is 0.429. The first kappa shape index (κ1) is 14.3. The number of nitrogens with zero attached hydrogens (tertiary/aromatic N) is 1. The van der Waals surface area contributed by atoms with E-state index in [1.807, 2.05) is 30.3 Å². The van der Waals surface area contributed by atoms with Crippen LogP contribution in [0.15, 0.2) is 30.3 Å². The van der Waals surface area contributed by atoms with Gasteiger partial charge in [0.05, 0.1) is 7.11 Å². The van der Waals surface area contributed by atoms with Crippen LogP contribution in [0.2, 0.25) is 0 Å². The van der Waals surface area contributed by atoms with E-state index in [0.29, 0.717) is 13.0 Å². The molecule has 0 saturated carbocycles. The van der Waals surface area contributed by atoms with Crippen molar-refractivity contribution in [2.75, 3.05) is 13.7 Å². The van der Waals surface area contributed by atoms with Gasteiger partial charge in [-0.15, -0.1) is 5.06 Å². The third-order valence-electron chi connectivity index (χ3n) is 3.07. The summed E-state index contributed by atoms with van der Waals surface area (Å²) in [6, 6.07) is 8.76. The Kier molecular flexibility index (Phi) is 4.95. The summed E-state index contributed by atoms with van der Waals surface area (Å²) < 4.78 is 9.66. The van der Waals surface area contributed by atoms with Crippen molar-refractivity contribution >= 4 is 12.1 Å². The number of esters is 1. The first-order chi connectivity index (χ1) is 9.70. The smallest absolute Gasteiger partial charge is 0.468 e. The number of carbonyl (C=O) groups is 2. The third kappa shape index (κ3) is 3.71. The molecule has 0 unspecified atom stereocenters. The van der Waals surface area contributed by atoms with Gasteiger partial charge in [0.15, 0.2) is 0 Å². The van der Waals surface area contributed by atoms with Crippen molar-refractivity contribution in [3.8, 4) is 0 Å². The van der Waals surface area contributed by atoms with E-state index < -0.39 is 18.2 Å². The SMILES string of the molecule is COC(=O)[C@@H]1CCCN1OC(=O)OCc1ccccc1. The van der Waals surface area contributed by atoms with Gasteiger partial charge >= 0.3 is 12.1 Å². The van der Waals surface area contributed by atoms with Gasteiger partial charge in [-0.05, 0) is 18.4 Å². The van der Waals surface area contributed by atoms with Crippen LogP contribution >= 0.6 is 0 Å². The van der Waals surface area contributed by atoms with E-state index in [4.69, 9.17) is 9.57 Å². The van der Waals surface area contributed by atoms with E-state index in [2.05, 4.69) is 4.74 Å². The fourth-order valence-corrected chi connectivity index (χ4v) is 2.06. The summed E-state index contributed by atoms with van der Waals surface area (Å²) in [7, 11) is 1.31. The van der Waals surface area contributed by atoms with Gasteiger partial charge in [0.1, 0.15) is 12.6 Å². The van der Waals surface area contributed by atoms with Crippen LogP contribution in [0.4, 0.5) is 4.79 Å². The van der Waals surface area contributed by atoms with Crippen molar-refractivity contribution in [2.24, 2.45) is 0 Å². The van der Waals surface area contributed by atoms with Gasteiger partial charge in [0, 0.05) is 6.54 Å². The lowest BCUT2D eigenvalue weighted by atomic mass is 10.2. The lowest BCUT2D eigenvalue weighted by Crippen LogP contribution is -2.38. The molecule has 6 nitrogen and oxygen atoms in total. The maximum atomic E-state index is 11.6. The van der Waals surface area contributed by atoms with Crippen molar-refractivity contribution in [3.05, 3.63) is 35.9 Å². The van der Waals surface area contributed by atoms with Crippen molar-refractivity contribution in [3.63, 3.8) is 0 Å². The Bertz CT molecular complexity index is 462. The van der Waals surface area contributed by atoms with E-state index in [1.165, 1.54) is 12.2 Å². The van der Waals surface area contributed by atoms with E-state index in [0.717, 1.165) is 12.0 Å². The van der Waals surface area contributed by atoms with E-state index >= 15 is 0 Å². The highest BCUT2D eigenvalue weighted by atomic mass is 16.8. The Morgan fingerprint density at radius 3 is 2.75 bits per heavy atom. The van der Waals surface area contributed by atoms with Crippen molar-refractivity contribution in [1.82, 2.24) is 5.06 Å². The number of hydrogen-bond donors (Lipinski definition) is 0. The average molecular weight is 279 g/mol. The van der Waals surface area contributed by atoms with Gasteiger partial charge in [-0.25, -0.2) is 4.79 Å². The maximum Gasteiger partial charge on any atom is 0.528 e. The predicted octanol–water partition coefficient (Wildman–Crippen LogP) is 1.89. The summed E-state index contributed by atoms with van der Waals surface area (Å²) in [5.41, 5.74) is 0.871. The largest absolute Gasteiger partial charge is 0.528 e. The van der Waals surface area contributed by atoms with Crippen LogP contribution in [-0.4, -0.2) is 36.9 Å². The molecule has 1 saturated heterocycles. The predicted molar refractivity (Wildman–Crippen MR) is 69.5 cm³/mol. The molecule has 1 aromatic rings. The molecule has 0 N–H and O–H groups in total. The molecule has 6 heteroatoms. The van der Waals surface area contributed by atoms with Crippen LogP contribution < -0.4 is 0 Å². The first-order valence-electron chi connectivity index (χ1n) is 6.44. The molecular weight excluding hydrogens is 262 g/mol. The number of hydroxylamine groups is 2. The van der Waals surface area contributed by atoms with Gasteiger partial charge in [-0.3, -0.25) is 4.79 Å². The molecule has 20 heavy (non-hydrogen) atoms. The summed E-state index contributed by atoms with van der Waals surface area (Å²) in [6.45, 7) is 0.636. The number of carbonyl (C=O) groups excluding carboxylic acids is 2. The summed E-state index contributed by atoms with van der Waals surface area (Å²) in [5, 5.41) is 1.32. The molecular formula is C14H17NO5. The molecule has 1 heterocycles. The maximum absolute atomic E-state index is 11.6. The molecule has 2 rings (SSSR count). The molecule has 1 aliphatic rings. The summed E-state index contributed by atoms with van der Waals surface area (Å²) in [5.74, 6) is -0.404. The zero-order valence-electron chi connectivity index (χ0n) is 11.3. The highest BCUT2D eigenvalue weighted by molar-refractivity contribution is 5.76. The second-order valence-corrected chi connectivity index (χ2v) is 4.44. The summed E-state index contributed by atoms with van der Waals surface area (Å²) in [6.07, 6.45) is 0.564. The molecule has 0 aromatic heterocycles. The summed E-state index contributed by atoms with van der Waals surface area (Å²) >= 11 is 0. The van der Waals surface area contributed by atoms with E-state index in [-0.39, 0.29) is 6.61 Å². The Morgan fingerprint density at radius 2 is 2.05 bits per heavy atom. The number of ether oxygens (including phenoxy) is 2. The van der Waals surface area contributed by atoms with Gasteiger partial charge in [0.25, 0.3) is 0 Å². The minimum absolute atomic E-state index is 0.135. The number of rotatable bonds is 4. The molecule has 108 valence electrons. The van der Waals surface area contributed by atoms with Crippen LogP contribution in [0, 0.1) is 0 Å². The van der Waals surface area contributed by atoms with Gasteiger partial charge < -0.3 is 14.3 Å². The molecule has 0 aliphatic carbocycles. The van der Waals surface area contributed by atoms with Crippen LogP contribution in [0.3, 0.4) is 0 Å². The molecule has 1 aliphatic heterocycles. The van der Waals surface area contributed by atoms with Crippen molar-refractivity contribution < 1.29 is 23.9 Å². The van der Waals surface area contributed by atoms with Crippen molar-refractivity contribution in [2.45, 2.75) is 25.5 Å². The third-order valence-corrected chi connectivity index (χ3v) is 3.07. The molecule has 0 bridgehead atoms. The zero-order chi connectivity index (χ0) is 14.4. The van der Waals surface area contributed by atoms with Crippen LogP contribution in [0.25, 0.3) is 0 Å². The van der Waals surface area contributed by atoms with E-state index in [1.54, 1.807) is 0 Å². The standard InChI is InChI=1S/C14H17NO5/c1-18-13(16)12-8-5-9-15(12)20-14(17)19-10-11-6-3-2-4-7-11/h2-4,6-7,12H,5,8-10H2,1H3/t12-/m0/s1. The van der Waals surface area contributed by atoms with Crippen LogP contribution in [0.5, 0.6) is 0 Å². The lowest BCUT2D eigenvalue weighted by Gasteiger charge is -2.20. The quantitative estimate of drug-likeness (QED) is 0.784. The number of benzene rings is 1. The monoisotopic (exact) mass is 279 g/mol. The van der Waals surface area contributed by atoms with E-state index in [9.17, 15) is 9.59 Å². The average Bonchev–Trinajstić information content (AvgIpc) is 2.93. The van der Waals surface area contributed by atoms with Crippen molar-refractivity contribution in [1.29, 1.82) is 0 Å². The molecule has 0 radical (unpaired) electrons. The molecule has 0 amide bonds. The second kappa shape index (κ2) is 6.91. The molecule has 0 spiro atoms. The lowest BCUT2D eigenvalue weighted by molar-refractivity contribution is -0.171. The number of hydrogen-bond acceptors (Lipinski definition) is 6. The Hall–Kier alpha value is -2.08. The summed E-state index contributed by atoms with van der Waals surface area (Å²) in [4.78, 5) is 28.1. The van der Waals surface area contributed by atoms with Crippen LogP contribution in [0.1, 0.15) is 18.4 Å². The highest BCUT2D eigenvalue weighted by Crippen LogP contribution is 2.19. The minimum atomic E-state index is -0.815. The first-order valence-corrected chi connectivity index (χ1v) is 6.44. The molecule has 1 atom stereocenters. The highest BCUT2D eigenvalue weighted by Gasteiger charge is 2.34.